The Morgan fingerprint density at radius 2 is 2.22 bits per heavy atom. The van der Waals surface area contributed by atoms with Gasteiger partial charge in [0.2, 0.25) is 5.70 Å². The lowest BCUT2D eigenvalue weighted by Crippen LogP contribution is -2.51. The van der Waals surface area contributed by atoms with Crippen LogP contribution in [0.5, 0.6) is 0 Å². The van der Waals surface area contributed by atoms with Crippen molar-refractivity contribution < 1.29 is 18.9 Å². The van der Waals surface area contributed by atoms with Gasteiger partial charge in [-0.1, -0.05) is 30.3 Å². The molecule has 1 aromatic carbocycles. The summed E-state index contributed by atoms with van der Waals surface area (Å²) in [6.45, 7) is 1.44. The molecule has 140 valence electrons. The lowest BCUT2D eigenvalue weighted by molar-refractivity contribution is -0.746. The van der Waals surface area contributed by atoms with Crippen LogP contribution in [0.15, 0.2) is 64.1 Å². The molecule has 0 aliphatic carbocycles. The van der Waals surface area contributed by atoms with Gasteiger partial charge >= 0.3 is 10.8 Å². The highest BCUT2D eigenvalue weighted by Crippen LogP contribution is 2.33. The predicted molar refractivity (Wildman–Crippen MR) is 103 cm³/mol. The van der Waals surface area contributed by atoms with Gasteiger partial charge in [0.1, 0.15) is 24.6 Å². The van der Waals surface area contributed by atoms with E-state index in [1.54, 1.807) is 23.5 Å². The van der Waals surface area contributed by atoms with Crippen molar-refractivity contribution in [3.63, 3.8) is 0 Å². The lowest BCUT2D eigenvalue weighted by atomic mass is 10.1. The molecule has 27 heavy (non-hydrogen) atoms. The van der Waals surface area contributed by atoms with E-state index in [9.17, 15) is 4.79 Å². The number of aliphatic imine (C=N–C) groups is 2. The van der Waals surface area contributed by atoms with Gasteiger partial charge in [-0.25, -0.2) is 4.79 Å². The Morgan fingerprint density at radius 3 is 3.04 bits per heavy atom. The number of quaternary nitrogens is 1. The molecule has 2 N–H and O–H groups in total. The van der Waals surface area contributed by atoms with Crippen molar-refractivity contribution in [3.05, 3.63) is 59.7 Å². The molecule has 9 heteroatoms. The van der Waals surface area contributed by atoms with Crippen LogP contribution in [0.3, 0.4) is 0 Å². The third-order valence-corrected chi connectivity index (χ3v) is 5.36. The number of fused-ring (bicyclic) bond motifs is 1. The van der Waals surface area contributed by atoms with Crippen LogP contribution in [-0.4, -0.2) is 52.3 Å². The number of benzene rings is 1. The Labute approximate surface area is 165 Å². The summed E-state index contributed by atoms with van der Waals surface area (Å²) in [6.07, 6.45) is 4.25. The van der Waals surface area contributed by atoms with Crippen molar-refractivity contribution in [2.45, 2.75) is 12.7 Å². The summed E-state index contributed by atoms with van der Waals surface area (Å²) in [7, 11) is 0. The van der Waals surface area contributed by atoms with E-state index in [2.05, 4.69) is 25.9 Å². The summed E-state index contributed by atoms with van der Waals surface area (Å²) in [4.78, 5) is 22.8. The number of carbonyl (C=O) groups is 1. The maximum Gasteiger partial charge on any atom is 0.410 e. The first-order chi connectivity index (χ1) is 13.1. The average molecular weight is 433 g/mol. The van der Waals surface area contributed by atoms with E-state index in [-0.39, 0.29) is 17.3 Å². The van der Waals surface area contributed by atoms with Gasteiger partial charge in [0.25, 0.3) is 0 Å². The zero-order chi connectivity index (χ0) is 18.9. The molecular formula is C18H19BrN5O3+. The minimum Gasteiger partial charge on any atom is -0.445 e. The molecule has 3 aliphatic heterocycles. The number of ether oxygens (including phenoxy) is 2. The topological polar surface area (TPSA) is 89.5 Å². The van der Waals surface area contributed by atoms with Crippen molar-refractivity contribution in [2.75, 3.05) is 19.7 Å². The molecule has 4 rings (SSSR count). The van der Waals surface area contributed by atoms with E-state index < -0.39 is 6.10 Å². The maximum absolute atomic E-state index is 12.5. The zero-order valence-corrected chi connectivity index (χ0v) is 16.1. The molecule has 1 saturated heterocycles. The van der Waals surface area contributed by atoms with E-state index in [0.29, 0.717) is 35.8 Å². The fraction of sp³-hybridized carbons (Fsp3) is 0.278. The summed E-state index contributed by atoms with van der Waals surface area (Å²) in [5, 5.41) is 0. The second-order valence-electron chi connectivity index (χ2n) is 6.35. The summed E-state index contributed by atoms with van der Waals surface area (Å²) >= 11 is 3.42. The van der Waals surface area contributed by atoms with Crippen LogP contribution in [0, 0.1) is 0 Å². The van der Waals surface area contributed by atoms with E-state index >= 15 is 0 Å². The standard InChI is InChI=1S/C18H19BrN5O3/c19-17-22-16(14-10-21-6-8-24(14,17)20)15-11-23(7-9-26-15)18(25)27-12-13-4-2-1-3-5-13/h1-6,8,10,15H,7,9,11-12,20H2/q+1. The van der Waals surface area contributed by atoms with Gasteiger partial charge in [-0.05, 0) is 5.56 Å². The van der Waals surface area contributed by atoms with Crippen molar-refractivity contribution in [3.8, 4) is 0 Å². The second-order valence-corrected chi connectivity index (χ2v) is 7.06. The summed E-state index contributed by atoms with van der Waals surface area (Å²) < 4.78 is 11.7. The largest absolute Gasteiger partial charge is 0.445 e. The van der Waals surface area contributed by atoms with Crippen molar-refractivity contribution in [2.24, 2.45) is 15.8 Å². The van der Waals surface area contributed by atoms with E-state index in [0.717, 1.165) is 5.56 Å². The van der Waals surface area contributed by atoms with Gasteiger partial charge in [0, 0.05) is 22.5 Å². The predicted octanol–water partition coefficient (Wildman–Crippen LogP) is 2.25. The van der Waals surface area contributed by atoms with E-state index in [1.165, 1.54) is 0 Å². The first-order valence-corrected chi connectivity index (χ1v) is 9.32. The molecule has 0 spiro atoms. The Balaban J connectivity index is 1.45. The van der Waals surface area contributed by atoms with E-state index in [4.69, 9.17) is 15.3 Å². The highest BCUT2D eigenvalue weighted by Gasteiger charge is 2.45. The molecule has 1 aromatic rings. The monoisotopic (exact) mass is 432 g/mol. The lowest BCUT2D eigenvalue weighted by Gasteiger charge is -2.32. The highest BCUT2D eigenvalue weighted by molar-refractivity contribution is 9.18. The Morgan fingerprint density at radius 1 is 1.41 bits per heavy atom. The van der Waals surface area contributed by atoms with Crippen molar-refractivity contribution >= 4 is 33.0 Å². The van der Waals surface area contributed by atoms with Gasteiger partial charge in [-0.3, -0.25) is 4.99 Å². The zero-order valence-electron chi connectivity index (χ0n) is 14.5. The molecule has 3 aliphatic rings. The first-order valence-electron chi connectivity index (χ1n) is 8.53. The molecular weight excluding hydrogens is 414 g/mol. The molecule has 2 unspecified atom stereocenters. The Kier molecular flexibility index (Phi) is 4.92. The van der Waals surface area contributed by atoms with Crippen LogP contribution >= 0.6 is 15.9 Å². The normalized spacial score (nSPS) is 26.8. The SMILES string of the molecule is N[N+]12C=CN=CC1=C(C1CN(C(=O)OCc3ccccc3)CCO1)N=C2Br. The Hall–Kier alpha value is -2.33. The van der Waals surface area contributed by atoms with Crippen LogP contribution in [-0.2, 0) is 16.1 Å². The minimum absolute atomic E-state index is 0.0862. The second kappa shape index (κ2) is 7.35. The molecule has 3 heterocycles. The van der Waals surface area contributed by atoms with Gasteiger partial charge in [0.05, 0.1) is 25.6 Å². The van der Waals surface area contributed by atoms with Gasteiger partial charge in [-0.2, -0.15) is 10.8 Å². The van der Waals surface area contributed by atoms with E-state index in [1.807, 2.05) is 30.3 Å². The molecule has 2 atom stereocenters. The number of allylic oxidation sites excluding steroid dienone is 1. The van der Waals surface area contributed by atoms with Gasteiger partial charge in [-0.15, -0.1) is 4.59 Å². The number of morpholine rings is 1. The third-order valence-electron chi connectivity index (χ3n) is 4.60. The molecule has 0 saturated carbocycles. The first kappa shape index (κ1) is 18.1. The molecule has 0 radical (unpaired) electrons. The van der Waals surface area contributed by atoms with Crippen LogP contribution in [0.1, 0.15) is 5.56 Å². The summed E-state index contributed by atoms with van der Waals surface area (Å²) in [5.41, 5.74) is 2.33. The van der Waals surface area contributed by atoms with Crippen molar-refractivity contribution in [1.82, 2.24) is 4.90 Å². The number of carbonyl (C=O) groups excluding carboxylic acids is 1. The summed E-state index contributed by atoms with van der Waals surface area (Å²) in [6, 6.07) is 9.58. The average Bonchev–Trinajstić information content (AvgIpc) is 2.98. The van der Waals surface area contributed by atoms with Crippen LogP contribution in [0.2, 0.25) is 0 Å². The number of amides is 1. The molecule has 0 aromatic heterocycles. The number of hydrogen-bond acceptors (Lipinski definition) is 6. The summed E-state index contributed by atoms with van der Waals surface area (Å²) in [5.74, 6) is 6.37. The number of amidine groups is 1. The Bertz CT molecular complexity index is 867. The quantitative estimate of drug-likeness (QED) is 0.450. The molecule has 1 amide bonds. The number of nitrogens with zero attached hydrogens (tertiary/aromatic N) is 4. The number of nitrogens with two attached hydrogens (primary N) is 1. The van der Waals surface area contributed by atoms with Crippen LogP contribution in [0.4, 0.5) is 4.79 Å². The van der Waals surface area contributed by atoms with Gasteiger partial charge < -0.3 is 14.4 Å². The fourth-order valence-electron chi connectivity index (χ4n) is 3.12. The molecule has 0 bridgehead atoms. The highest BCUT2D eigenvalue weighted by atomic mass is 79.9. The van der Waals surface area contributed by atoms with Crippen LogP contribution < -0.4 is 5.84 Å². The smallest absolute Gasteiger partial charge is 0.410 e. The van der Waals surface area contributed by atoms with Crippen molar-refractivity contribution in [1.29, 1.82) is 0 Å². The van der Waals surface area contributed by atoms with Crippen LogP contribution in [0.25, 0.3) is 0 Å². The number of halogens is 1. The fourth-order valence-corrected chi connectivity index (χ4v) is 3.62. The number of hydrogen-bond donors (Lipinski definition) is 1. The third kappa shape index (κ3) is 3.46. The van der Waals surface area contributed by atoms with Gasteiger partial charge in [0.15, 0.2) is 0 Å². The minimum atomic E-state index is -0.396. The number of rotatable bonds is 3. The molecule has 1 fully saturated rings. The maximum atomic E-state index is 12.5. The molecule has 8 nitrogen and oxygen atoms in total.